The molecule has 0 saturated carbocycles. The highest BCUT2D eigenvalue weighted by Gasteiger charge is 2.12. The molecule has 2 aromatic heterocycles. The largest absolute Gasteiger partial charge is 0.350 e. The highest BCUT2D eigenvalue weighted by atomic mass is 15.3. The standard InChI is InChI=1S/C14H15N3/c1-10-9-15-17(3)13(10)12-6-4-5-11-7-8-16(2)14(11)12/h4-9H,1-3H3. The fourth-order valence-corrected chi connectivity index (χ4v) is 2.48. The molecule has 0 fully saturated rings. The maximum absolute atomic E-state index is 4.32. The smallest absolute Gasteiger partial charge is 0.0729 e. The molecule has 0 aliphatic rings. The molecular formula is C14H15N3. The van der Waals surface area contributed by atoms with Crippen molar-refractivity contribution in [3.8, 4) is 11.3 Å². The number of benzene rings is 1. The van der Waals surface area contributed by atoms with E-state index in [-0.39, 0.29) is 0 Å². The molecule has 3 heteroatoms. The van der Waals surface area contributed by atoms with Crippen molar-refractivity contribution < 1.29 is 0 Å². The molecule has 0 saturated heterocycles. The van der Waals surface area contributed by atoms with Crippen molar-refractivity contribution in [1.29, 1.82) is 0 Å². The van der Waals surface area contributed by atoms with Gasteiger partial charge < -0.3 is 4.57 Å². The van der Waals surface area contributed by atoms with Crippen LogP contribution in [0.15, 0.2) is 36.7 Å². The van der Waals surface area contributed by atoms with E-state index in [0.29, 0.717) is 0 Å². The number of hydrogen-bond donors (Lipinski definition) is 0. The Bertz CT molecular complexity index is 669. The van der Waals surface area contributed by atoms with Gasteiger partial charge in [0, 0.05) is 31.2 Å². The molecule has 2 heterocycles. The summed E-state index contributed by atoms with van der Waals surface area (Å²) in [7, 11) is 4.07. The fourth-order valence-electron chi connectivity index (χ4n) is 2.48. The quantitative estimate of drug-likeness (QED) is 0.624. The Morgan fingerprint density at radius 2 is 1.94 bits per heavy atom. The van der Waals surface area contributed by atoms with Gasteiger partial charge in [-0.1, -0.05) is 18.2 Å². The molecule has 3 rings (SSSR count). The van der Waals surface area contributed by atoms with E-state index in [2.05, 4.69) is 54.1 Å². The predicted octanol–water partition coefficient (Wildman–Crippen LogP) is 2.89. The van der Waals surface area contributed by atoms with Crippen LogP contribution in [0.5, 0.6) is 0 Å². The van der Waals surface area contributed by atoms with Crippen LogP contribution in [0.2, 0.25) is 0 Å². The molecule has 0 N–H and O–H groups in total. The van der Waals surface area contributed by atoms with Crippen LogP contribution in [-0.2, 0) is 14.1 Å². The zero-order chi connectivity index (χ0) is 12.0. The topological polar surface area (TPSA) is 22.8 Å². The van der Waals surface area contributed by atoms with Crippen molar-refractivity contribution in [3.63, 3.8) is 0 Å². The lowest BCUT2D eigenvalue weighted by molar-refractivity contribution is 0.775. The molecule has 3 aromatic rings. The second-order valence-corrected chi connectivity index (χ2v) is 4.47. The molecule has 0 amide bonds. The Kier molecular flexibility index (Phi) is 2.08. The third-order valence-corrected chi connectivity index (χ3v) is 3.27. The van der Waals surface area contributed by atoms with Crippen LogP contribution < -0.4 is 0 Å². The summed E-state index contributed by atoms with van der Waals surface area (Å²) in [5, 5.41) is 5.59. The first-order chi connectivity index (χ1) is 8.18. The summed E-state index contributed by atoms with van der Waals surface area (Å²) in [5.41, 5.74) is 4.91. The fraction of sp³-hybridized carbons (Fsp3) is 0.214. The van der Waals surface area contributed by atoms with E-state index in [1.807, 2.05) is 17.9 Å². The molecular weight excluding hydrogens is 210 g/mol. The van der Waals surface area contributed by atoms with Crippen molar-refractivity contribution in [2.24, 2.45) is 14.1 Å². The summed E-state index contributed by atoms with van der Waals surface area (Å²) in [5.74, 6) is 0. The van der Waals surface area contributed by atoms with Crippen LogP contribution >= 0.6 is 0 Å². The maximum Gasteiger partial charge on any atom is 0.0729 e. The van der Waals surface area contributed by atoms with E-state index in [0.717, 1.165) is 0 Å². The van der Waals surface area contributed by atoms with Gasteiger partial charge in [0.1, 0.15) is 0 Å². The highest BCUT2D eigenvalue weighted by molar-refractivity contribution is 5.94. The van der Waals surface area contributed by atoms with Crippen molar-refractivity contribution in [2.45, 2.75) is 6.92 Å². The first-order valence-corrected chi connectivity index (χ1v) is 5.71. The lowest BCUT2D eigenvalue weighted by atomic mass is 10.1. The molecule has 0 unspecified atom stereocenters. The molecule has 0 bridgehead atoms. The average Bonchev–Trinajstić information content (AvgIpc) is 2.84. The second-order valence-electron chi connectivity index (χ2n) is 4.47. The Morgan fingerprint density at radius 3 is 2.65 bits per heavy atom. The van der Waals surface area contributed by atoms with Gasteiger partial charge in [-0.25, -0.2) is 0 Å². The lowest BCUT2D eigenvalue weighted by Crippen LogP contribution is -1.97. The van der Waals surface area contributed by atoms with Gasteiger partial charge in [-0.05, 0) is 18.6 Å². The minimum absolute atomic E-state index is 1.19. The van der Waals surface area contributed by atoms with E-state index in [4.69, 9.17) is 0 Å². The second kappa shape index (κ2) is 3.48. The van der Waals surface area contributed by atoms with Gasteiger partial charge in [0.15, 0.2) is 0 Å². The van der Waals surface area contributed by atoms with Crippen molar-refractivity contribution in [1.82, 2.24) is 14.3 Å². The van der Waals surface area contributed by atoms with E-state index < -0.39 is 0 Å². The zero-order valence-corrected chi connectivity index (χ0v) is 10.3. The predicted molar refractivity (Wildman–Crippen MR) is 69.9 cm³/mol. The Balaban J connectivity index is 2.42. The number of fused-ring (bicyclic) bond motifs is 1. The number of hydrogen-bond acceptors (Lipinski definition) is 1. The van der Waals surface area contributed by atoms with Gasteiger partial charge in [0.25, 0.3) is 0 Å². The van der Waals surface area contributed by atoms with E-state index in [1.165, 1.54) is 27.7 Å². The summed E-state index contributed by atoms with van der Waals surface area (Å²) >= 11 is 0. The first-order valence-electron chi connectivity index (χ1n) is 5.71. The molecule has 0 aliphatic heterocycles. The van der Waals surface area contributed by atoms with Crippen molar-refractivity contribution in [2.75, 3.05) is 0 Å². The Labute approximate surface area is 100 Å². The summed E-state index contributed by atoms with van der Waals surface area (Å²) < 4.78 is 4.11. The van der Waals surface area contributed by atoms with Gasteiger partial charge in [-0.15, -0.1) is 0 Å². The van der Waals surface area contributed by atoms with Crippen molar-refractivity contribution >= 4 is 10.9 Å². The van der Waals surface area contributed by atoms with Gasteiger partial charge in [0.2, 0.25) is 0 Å². The van der Waals surface area contributed by atoms with E-state index >= 15 is 0 Å². The van der Waals surface area contributed by atoms with E-state index in [1.54, 1.807) is 0 Å². The average molecular weight is 225 g/mol. The monoisotopic (exact) mass is 225 g/mol. The molecule has 3 nitrogen and oxygen atoms in total. The van der Waals surface area contributed by atoms with E-state index in [9.17, 15) is 0 Å². The summed E-state index contributed by atoms with van der Waals surface area (Å²) in [6.45, 7) is 2.10. The molecule has 86 valence electrons. The van der Waals surface area contributed by atoms with Crippen LogP contribution in [0.4, 0.5) is 0 Å². The lowest BCUT2D eigenvalue weighted by Gasteiger charge is -2.08. The number of para-hydroxylation sites is 1. The molecule has 17 heavy (non-hydrogen) atoms. The first kappa shape index (κ1) is 10.1. The van der Waals surface area contributed by atoms with Crippen LogP contribution in [0.1, 0.15) is 5.56 Å². The minimum Gasteiger partial charge on any atom is -0.350 e. The van der Waals surface area contributed by atoms with Crippen LogP contribution in [0, 0.1) is 6.92 Å². The van der Waals surface area contributed by atoms with Gasteiger partial charge in [0.05, 0.1) is 17.4 Å². The third-order valence-electron chi connectivity index (χ3n) is 3.27. The SMILES string of the molecule is Cc1cnn(C)c1-c1cccc2ccn(C)c12. The van der Waals surface area contributed by atoms with Gasteiger partial charge >= 0.3 is 0 Å². The number of rotatable bonds is 1. The Hall–Kier alpha value is -2.03. The Morgan fingerprint density at radius 1 is 1.12 bits per heavy atom. The highest BCUT2D eigenvalue weighted by Crippen LogP contribution is 2.30. The number of nitrogens with zero attached hydrogens (tertiary/aromatic N) is 3. The molecule has 0 aliphatic carbocycles. The number of aryl methyl sites for hydroxylation is 3. The maximum atomic E-state index is 4.32. The molecule has 1 aromatic carbocycles. The molecule has 0 atom stereocenters. The summed E-state index contributed by atoms with van der Waals surface area (Å²) in [6.07, 6.45) is 4.01. The number of aromatic nitrogens is 3. The summed E-state index contributed by atoms with van der Waals surface area (Å²) in [6, 6.07) is 8.55. The van der Waals surface area contributed by atoms with Crippen LogP contribution in [-0.4, -0.2) is 14.3 Å². The minimum atomic E-state index is 1.19. The zero-order valence-electron chi connectivity index (χ0n) is 10.3. The molecule has 0 spiro atoms. The van der Waals surface area contributed by atoms with Gasteiger partial charge in [-0.3, -0.25) is 4.68 Å². The summed E-state index contributed by atoms with van der Waals surface area (Å²) in [4.78, 5) is 0. The van der Waals surface area contributed by atoms with Crippen molar-refractivity contribution in [3.05, 3.63) is 42.2 Å². The van der Waals surface area contributed by atoms with Crippen LogP contribution in [0.3, 0.4) is 0 Å². The third kappa shape index (κ3) is 1.39. The van der Waals surface area contributed by atoms with Gasteiger partial charge in [-0.2, -0.15) is 5.10 Å². The normalized spacial score (nSPS) is 11.2. The molecule has 0 radical (unpaired) electrons. The van der Waals surface area contributed by atoms with Crippen LogP contribution in [0.25, 0.3) is 22.2 Å².